The first kappa shape index (κ1) is 29.6. The van der Waals surface area contributed by atoms with Gasteiger partial charge in [0.15, 0.2) is 0 Å². The third-order valence-electron chi connectivity index (χ3n) is 7.08. The molecule has 0 spiro atoms. The standard InChI is InChI=1S/C25H40O6.Ca/c1-6-25(4,5)24(30)31-21-12-15(2)11-17-8-7-16(3)20(23(17)21)10-9-18(26)13-19(27)14-22(28)29;/h7-8,11,15-16,18-21,23,26-27H,6,9-10,12-14H2,1-5H3,(H,28,29);/t15-,16-,18+,19+,20-,21-,23-;/m0./s1. The molecule has 0 heterocycles. The molecule has 6 nitrogen and oxygen atoms in total. The molecule has 178 valence electrons. The Labute approximate surface area is 222 Å². The second kappa shape index (κ2) is 12.9. The zero-order chi connectivity index (χ0) is 23.3. The molecular formula is C25H40CaO6. The summed E-state index contributed by atoms with van der Waals surface area (Å²) in [4.78, 5) is 23.6. The van der Waals surface area contributed by atoms with Crippen LogP contribution in [0.15, 0.2) is 23.8 Å². The van der Waals surface area contributed by atoms with Gasteiger partial charge >= 0.3 is 11.9 Å². The molecule has 0 unspecified atom stereocenters. The van der Waals surface area contributed by atoms with E-state index in [4.69, 9.17) is 9.84 Å². The van der Waals surface area contributed by atoms with Gasteiger partial charge in [0.2, 0.25) is 0 Å². The Kier molecular flexibility index (Phi) is 11.9. The molecule has 2 radical (unpaired) electrons. The Morgan fingerprint density at radius 1 is 1.22 bits per heavy atom. The summed E-state index contributed by atoms with van der Waals surface area (Å²) >= 11 is 0. The van der Waals surface area contributed by atoms with Crippen molar-refractivity contribution in [1.82, 2.24) is 0 Å². The van der Waals surface area contributed by atoms with E-state index >= 15 is 0 Å². The van der Waals surface area contributed by atoms with Crippen LogP contribution in [0.4, 0.5) is 0 Å². The summed E-state index contributed by atoms with van der Waals surface area (Å²) in [6, 6.07) is 0. The Bertz CT molecular complexity index is 701. The fourth-order valence-corrected chi connectivity index (χ4v) is 4.76. The van der Waals surface area contributed by atoms with Gasteiger partial charge in [-0.3, -0.25) is 9.59 Å². The average Bonchev–Trinajstić information content (AvgIpc) is 2.66. The number of carboxylic acids is 1. The van der Waals surface area contributed by atoms with Gasteiger partial charge < -0.3 is 20.1 Å². The number of ether oxygens (including phenoxy) is 1. The molecule has 0 aliphatic heterocycles. The molecule has 2 aliphatic carbocycles. The first-order valence-electron chi connectivity index (χ1n) is 11.6. The Morgan fingerprint density at radius 3 is 2.47 bits per heavy atom. The number of carbonyl (C=O) groups excluding carboxylic acids is 1. The number of carboxylic acid groups (broad SMARTS) is 1. The summed E-state index contributed by atoms with van der Waals surface area (Å²) in [5, 5.41) is 29.0. The molecule has 0 fully saturated rings. The van der Waals surface area contributed by atoms with E-state index in [1.807, 2.05) is 20.8 Å². The minimum absolute atomic E-state index is 0. The molecular weight excluding hydrogens is 436 g/mol. The Morgan fingerprint density at radius 2 is 1.88 bits per heavy atom. The molecule has 2 aliphatic rings. The first-order chi connectivity index (χ1) is 14.4. The number of hydrogen-bond donors (Lipinski definition) is 3. The number of aliphatic carboxylic acids is 1. The molecule has 0 aromatic heterocycles. The van der Waals surface area contributed by atoms with E-state index in [1.54, 1.807) is 0 Å². The molecule has 3 N–H and O–H groups in total. The van der Waals surface area contributed by atoms with Gasteiger partial charge in [0.05, 0.1) is 24.0 Å². The molecule has 2 rings (SSSR count). The molecule has 0 amide bonds. The van der Waals surface area contributed by atoms with Gasteiger partial charge in [-0.2, -0.15) is 0 Å². The van der Waals surface area contributed by atoms with E-state index in [0.717, 1.165) is 6.42 Å². The topological polar surface area (TPSA) is 104 Å². The van der Waals surface area contributed by atoms with E-state index in [2.05, 4.69) is 32.1 Å². The van der Waals surface area contributed by atoms with Gasteiger partial charge in [-0.25, -0.2) is 0 Å². The number of aliphatic hydroxyl groups is 2. The van der Waals surface area contributed by atoms with Gasteiger partial charge in [0, 0.05) is 43.7 Å². The smallest absolute Gasteiger partial charge is 0.311 e. The normalized spacial score (nSPS) is 29.2. The van der Waals surface area contributed by atoms with Gasteiger partial charge in [0.1, 0.15) is 6.10 Å². The molecule has 0 saturated carbocycles. The van der Waals surface area contributed by atoms with Gasteiger partial charge in [-0.15, -0.1) is 0 Å². The predicted molar refractivity (Wildman–Crippen MR) is 125 cm³/mol. The fraction of sp³-hybridized carbons (Fsp3) is 0.760. The van der Waals surface area contributed by atoms with E-state index < -0.39 is 23.6 Å². The third kappa shape index (κ3) is 8.12. The second-order valence-electron chi connectivity index (χ2n) is 10.2. The van der Waals surface area contributed by atoms with Gasteiger partial charge in [-0.05, 0) is 69.3 Å². The summed E-state index contributed by atoms with van der Waals surface area (Å²) in [5.74, 6) is -0.347. The second-order valence-corrected chi connectivity index (χ2v) is 10.2. The van der Waals surface area contributed by atoms with Gasteiger partial charge in [-0.1, -0.05) is 39.0 Å². The Balaban J connectivity index is 0.00000512. The number of aliphatic hydroxyl groups excluding tert-OH is 2. The summed E-state index contributed by atoms with van der Waals surface area (Å²) in [7, 11) is 0. The summed E-state index contributed by atoms with van der Waals surface area (Å²) in [6.45, 7) is 10.1. The maximum absolute atomic E-state index is 12.8. The number of allylic oxidation sites excluding steroid dienone is 3. The van der Waals surface area contributed by atoms with Crippen molar-refractivity contribution in [2.75, 3.05) is 0 Å². The third-order valence-corrected chi connectivity index (χ3v) is 7.08. The van der Waals surface area contributed by atoms with Crippen LogP contribution in [-0.4, -0.2) is 83.3 Å². The monoisotopic (exact) mass is 476 g/mol. The van der Waals surface area contributed by atoms with Crippen molar-refractivity contribution in [2.45, 2.75) is 91.5 Å². The maximum Gasteiger partial charge on any atom is 0.311 e. The van der Waals surface area contributed by atoms with Crippen LogP contribution in [0, 0.1) is 29.1 Å². The van der Waals surface area contributed by atoms with Crippen molar-refractivity contribution in [3.05, 3.63) is 23.8 Å². The molecule has 0 aromatic carbocycles. The van der Waals surface area contributed by atoms with Crippen molar-refractivity contribution >= 4 is 49.7 Å². The largest absolute Gasteiger partial charge is 0.481 e. The molecule has 0 saturated heterocycles. The number of rotatable bonds is 10. The minimum Gasteiger partial charge on any atom is -0.481 e. The summed E-state index contributed by atoms with van der Waals surface area (Å²) in [5.41, 5.74) is 0.682. The number of carbonyl (C=O) groups is 2. The van der Waals surface area contributed by atoms with Crippen molar-refractivity contribution in [3.8, 4) is 0 Å². The van der Waals surface area contributed by atoms with E-state index in [-0.39, 0.29) is 80.4 Å². The fourth-order valence-electron chi connectivity index (χ4n) is 4.76. The predicted octanol–water partition coefficient (Wildman–Crippen LogP) is 3.72. The average molecular weight is 477 g/mol. The van der Waals surface area contributed by atoms with Crippen molar-refractivity contribution in [1.29, 1.82) is 0 Å². The number of esters is 1. The van der Waals surface area contributed by atoms with Crippen molar-refractivity contribution in [2.24, 2.45) is 29.1 Å². The van der Waals surface area contributed by atoms with E-state index in [1.165, 1.54) is 5.57 Å². The first-order valence-corrected chi connectivity index (χ1v) is 11.6. The van der Waals surface area contributed by atoms with Crippen LogP contribution in [0.2, 0.25) is 0 Å². The molecule has 32 heavy (non-hydrogen) atoms. The van der Waals surface area contributed by atoms with Crippen molar-refractivity contribution in [3.63, 3.8) is 0 Å². The van der Waals surface area contributed by atoms with Gasteiger partial charge in [0.25, 0.3) is 0 Å². The molecule has 7 atom stereocenters. The van der Waals surface area contributed by atoms with Crippen LogP contribution in [0.25, 0.3) is 0 Å². The number of fused-ring (bicyclic) bond motifs is 1. The molecule has 0 bridgehead atoms. The van der Waals surface area contributed by atoms with E-state index in [9.17, 15) is 19.8 Å². The van der Waals surface area contributed by atoms with Crippen LogP contribution in [0.3, 0.4) is 0 Å². The number of hydrogen-bond acceptors (Lipinski definition) is 5. The van der Waals surface area contributed by atoms with E-state index in [0.29, 0.717) is 25.2 Å². The minimum atomic E-state index is -1.07. The molecule has 7 heteroatoms. The maximum atomic E-state index is 12.8. The summed E-state index contributed by atoms with van der Waals surface area (Å²) < 4.78 is 6.10. The zero-order valence-corrected chi connectivity index (χ0v) is 22.5. The quantitative estimate of drug-likeness (QED) is 0.328. The van der Waals surface area contributed by atoms with Crippen LogP contribution in [-0.2, 0) is 14.3 Å². The summed E-state index contributed by atoms with van der Waals surface area (Å²) in [6.07, 6.45) is 6.98. The molecule has 0 aromatic rings. The van der Waals surface area contributed by atoms with Crippen LogP contribution >= 0.6 is 0 Å². The van der Waals surface area contributed by atoms with Crippen LogP contribution in [0.1, 0.15) is 73.1 Å². The van der Waals surface area contributed by atoms with Crippen LogP contribution < -0.4 is 0 Å². The Hall–Kier alpha value is -0.400. The zero-order valence-electron chi connectivity index (χ0n) is 20.3. The SMILES string of the molecule is CCC(C)(C)C(=O)O[C@H]1C[C@@H](C)C=C2C=C[C@H](C)[C@H](CC[C@@H](O)C[C@@H](O)CC(=O)O)[C@H]21.[Ca]. The van der Waals surface area contributed by atoms with Crippen molar-refractivity contribution < 1.29 is 29.6 Å². The van der Waals surface area contributed by atoms with Crippen LogP contribution in [0.5, 0.6) is 0 Å².